The predicted molar refractivity (Wildman–Crippen MR) is 78.1 cm³/mol. The summed E-state index contributed by atoms with van der Waals surface area (Å²) >= 11 is 0. The van der Waals surface area contributed by atoms with Gasteiger partial charge < -0.3 is 10.2 Å². The Hall–Kier alpha value is -0.860. The van der Waals surface area contributed by atoms with Crippen LogP contribution in [0.4, 0.5) is 0 Å². The van der Waals surface area contributed by atoms with E-state index < -0.39 is 11.7 Å². The van der Waals surface area contributed by atoms with E-state index in [2.05, 4.69) is 38.1 Å². The van der Waals surface area contributed by atoms with Crippen molar-refractivity contribution >= 4 is 0 Å². The van der Waals surface area contributed by atoms with Crippen molar-refractivity contribution in [2.75, 3.05) is 0 Å². The van der Waals surface area contributed by atoms with E-state index >= 15 is 0 Å². The molecule has 19 heavy (non-hydrogen) atoms. The van der Waals surface area contributed by atoms with E-state index in [-0.39, 0.29) is 0 Å². The van der Waals surface area contributed by atoms with Crippen LogP contribution in [0.25, 0.3) is 0 Å². The molecule has 0 spiro atoms. The second-order valence-corrected chi connectivity index (χ2v) is 6.18. The first-order valence-electron chi connectivity index (χ1n) is 7.52. The fourth-order valence-corrected chi connectivity index (χ4v) is 2.92. The van der Waals surface area contributed by atoms with Gasteiger partial charge in [0.05, 0.1) is 11.7 Å². The van der Waals surface area contributed by atoms with Crippen LogP contribution in [0, 0.1) is 5.92 Å². The number of aryl methyl sites for hydroxylation is 1. The van der Waals surface area contributed by atoms with Crippen LogP contribution >= 0.6 is 0 Å². The third-order valence-corrected chi connectivity index (χ3v) is 4.62. The van der Waals surface area contributed by atoms with E-state index in [1.807, 2.05) is 0 Å². The van der Waals surface area contributed by atoms with Crippen LogP contribution in [0.15, 0.2) is 24.3 Å². The van der Waals surface area contributed by atoms with Gasteiger partial charge in [0.2, 0.25) is 0 Å². The second kappa shape index (κ2) is 6.06. The predicted octanol–water partition coefficient (Wildman–Crippen LogP) is 3.09. The van der Waals surface area contributed by atoms with Crippen molar-refractivity contribution in [3.05, 3.63) is 35.4 Å². The quantitative estimate of drug-likeness (QED) is 0.875. The zero-order valence-electron chi connectivity index (χ0n) is 12.1. The summed E-state index contributed by atoms with van der Waals surface area (Å²) in [6, 6.07) is 8.35. The summed E-state index contributed by atoms with van der Waals surface area (Å²) in [5, 5.41) is 20.9. The third-order valence-electron chi connectivity index (χ3n) is 4.62. The summed E-state index contributed by atoms with van der Waals surface area (Å²) in [7, 11) is 0. The van der Waals surface area contributed by atoms with Gasteiger partial charge in [-0.25, -0.2) is 0 Å². The van der Waals surface area contributed by atoms with Crippen molar-refractivity contribution < 1.29 is 10.2 Å². The van der Waals surface area contributed by atoms with Crippen molar-refractivity contribution in [2.24, 2.45) is 5.92 Å². The number of aliphatic hydroxyl groups is 2. The summed E-state index contributed by atoms with van der Waals surface area (Å²) in [5.41, 5.74) is 1.54. The molecule has 1 atom stereocenters. The number of hydrogen-bond donors (Lipinski definition) is 2. The highest BCUT2D eigenvalue weighted by Gasteiger charge is 2.38. The van der Waals surface area contributed by atoms with Gasteiger partial charge in [0, 0.05) is 6.42 Å². The molecule has 1 saturated carbocycles. The fourth-order valence-electron chi connectivity index (χ4n) is 2.92. The van der Waals surface area contributed by atoms with Gasteiger partial charge >= 0.3 is 0 Å². The third kappa shape index (κ3) is 3.58. The summed E-state index contributed by atoms with van der Waals surface area (Å²) in [4.78, 5) is 0. The number of rotatable bonds is 4. The zero-order chi connectivity index (χ0) is 13.9. The number of benzene rings is 1. The van der Waals surface area contributed by atoms with Crippen LogP contribution in [-0.2, 0) is 12.8 Å². The van der Waals surface area contributed by atoms with Crippen molar-refractivity contribution in [2.45, 2.75) is 64.1 Å². The lowest BCUT2D eigenvalue weighted by Gasteiger charge is -2.38. The first-order chi connectivity index (χ1) is 9.03. The first kappa shape index (κ1) is 14.5. The Morgan fingerprint density at radius 3 is 2.21 bits per heavy atom. The minimum atomic E-state index is -0.879. The van der Waals surface area contributed by atoms with Gasteiger partial charge in [-0.2, -0.15) is 0 Å². The van der Waals surface area contributed by atoms with Crippen LogP contribution in [0.1, 0.15) is 50.7 Å². The molecule has 1 unspecified atom stereocenters. The maximum atomic E-state index is 10.6. The highest BCUT2D eigenvalue weighted by Crippen LogP contribution is 2.35. The number of hydrogen-bond acceptors (Lipinski definition) is 2. The molecule has 0 bridgehead atoms. The molecule has 2 heteroatoms. The van der Waals surface area contributed by atoms with Crippen LogP contribution in [-0.4, -0.2) is 21.9 Å². The smallest absolute Gasteiger partial charge is 0.0908 e. The van der Waals surface area contributed by atoms with E-state index in [4.69, 9.17) is 0 Å². The molecular weight excluding hydrogens is 236 g/mol. The van der Waals surface area contributed by atoms with Crippen molar-refractivity contribution in [3.8, 4) is 0 Å². The van der Waals surface area contributed by atoms with Gasteiger partial charge in [0.1, 0.15) is 0 Å². The minimum absolute atomic E-state index is 0.550. The molecule has 2 rings (SSSR count). The van der Waals surface area contributed by atoms with E-state index in [0.717, 1.165) is 37.7 Å². The molecule has 0 aliphatic heterocycles. The van der Waals surface area contributed by atoms with Crippen LogP contribution < -0.4 is 0 Å². The molecule has 1 aliphatic carbocycles. The molecule has 0 radical (unpaired) electrons. The standard InChI is InChI=1S/C17H26O2/c1-3-14-4-6-15(7-5-14)12-16(18)17(19)10-8-13(2)9-11-17/h4-7,13,16,18-19H,3,8-12H2,1-2H3. The van der Waals surface area contributed by atoms with Gasteiger partial charge in [-0.05, 0) is 49.1 Å². The summed E-state index contributed by atoms with van der Waals surface area (Å²) in [6.45, 7) is 4.35. The lowest BCUT2D eigenvalue weighted by molar-refractivity contribution is -0.102. The average Bonchev–Trinajstić information content (AvgIpc) is 2.43. The Morgan fingerprint density at radius 1 is 1.16 bits per heavy atom. The fraction of sp³-hybridized carbons (Fsp3) is 0.647. The van der Waals surface area contributed by atoms with Crippen LogP contribution in [0.2, 0.25) is 0 Å². The summed E-state index contributed by atoms with van der Waals surface area (Å²) in [5.74, 6) is 0.677. The van der Waals surface area contributed by atoms with Crippen LogP contribution in [0.5, 0.6) is 0 Å². The molecular formula is C17H26O2. The lowest BCUT2D eigenvalue weighted by atomic mass is 9.75. The van der Waals surface area contributed by atoms with Crippen molar-refractivity contribution in [1.29, 1.82) is 0 Å². The molecule has 0 saturated heterocycles. The molecule has 0 amide bonds. The maximum absolute atomic E-state index is 10.6. The largest absolute Gasteiger partial charge is 0.390 e. The Labute approximate surface area is 116 Å². The molecule has 2 N–H and O–H groups in total. The van der Waals surface area contributed by atoms with E-state index in [1.165, 1.54) is 5.56 Å². The Balaban J connectivity index is 1.97. The molecule has 106 valence electrons. The summed E-state index contributed by atoms with van der Waals surface area (Å²) in [6.07, 6.45) is 4.42. The SMILES string of the molecule is CCc1ccc(CC(O)C2(O)CCC(C)CC2)cc1. The second-order valence-electron chi connectivity index (χ2n) is 6.18. The van der Waals surface area contributed by atoms with Gasteiger partial charge in [-0.3, -0.25) is 0 Å². The average molecular weight is 262 g/mol. The maximum Gasteiger partial charge on any atom is 0.0908 e. The zero-order valence-corrected chi connectivity index (χ0v) is 12.1. The van der Waals surface area contributed by atoms with E-state index in [0.29, 0.717) is 12.3 Å². The molecule has 1 aromatic carbocycles. The Kier molecular flexibility index (Phi) is 4.64. The molecule has 1 fully saturated rings. The number of aliphatic hydroxyl groups excluding tert-OH is 1. The normalized spacial score (nSPS) is 29.2. The van der Waals surface area contributed by atoms with E-state index in [1.54, 1.807) is 0 Å². The van der Waals surface area contributed by atoms with Crippen molar-refractivity contribution in [3.63, 3.8) is 0 Å². The Bertz CT molecular complexity index is 388. The van der Waals surface area contributed by atoms with Gasteiger partial charge in [0.15, 0.2) is 0 Å². The molecule has 0 aromatic heterocycles. The van der Waals surface area contributed by atoms with Gasteiger partial charge in [-0.1, -0.05) is 38.1 Å². The van der Waals surface area contributed by atoms with Gasteiger partial charge in [0.25, 0.3) is 0 Å². The molecule has 1 aliphatic rings. The minimum Gasteiger partial charge on any atom is -0.390 e. The van der Waals surface area contributed by atoms with Gasteiger partial charge in [-0.15, -0.1) is 0 Å². The van der Waals surface area contributed by atoms with Crippen LogP contribution in [0.3, 0.4) is 0 Å². The molecule has 0 heterocycles. The monoisotopic (exact) mass is 262 g/mol. The van der Waals surface area contributed by atoms with Crippen molar-refractivity contribution in [1.82, 2.24) is 0 Å². The Morgan fingerprint density at radius 2 is 1.68 bits per heavy atom. The highest BCUT2D eigenvalue weighted by molar-refractivity contribution is 5.23. The highest BCUT2D eigenvalue weighted by atomic mass is 16.3. The van der Waals surface area contributed by atoms with E-state index in [9.17, 15) is 10.2 Å². The molecule has 2 nitrogen and oxygen atoms in total. The first-order valence-corrected chi connectivity index (χ1v) is 7.52. The lowest BCUT2D eigenvalue weighted by Crippen LogP contribution is -2.46. The topological polar surface area (TPSA) is 40.5 Å². The molecule has 1 aromatic rings. The summed E-state index contributed by atoms with van der Waals surface area (Å²) < 4.78 is 0.